The van der Waals surface area contributed by atoms with Crippen LogP contribution in [0.5, 0.6) is 0 Å². The largest absolute Gasteiger partial charge is 0.343 e. The second kappa shape index (κ2) is 5.11. The topological polar surface area (TPSA) is 36.4 Å². The standard InChI is InChI=1S/C15H21N3OS/c19-15(18-4-1-2-5-18)7-11-12-8-17(9-13(11)12)10-14-16-3-6-20-14/h3,6,11-13H,1-2,4-5,7-10H2/t11?,12-,13+. The molecule has 0 radical (unpaired) electrons. The molecule has 2 aliphatic heterocycles. The molecule has 1 amide bonds. The summed E-state index contributed by atoms with van der Waals surface area (Å²) in [6.45, 7) is 5.33. The molecule has 0 spiro atoms. The van der Waals surface area contributed by atoms with Gasteiger partial charge in [-0.15, -0.1) is 11.3 Å². The molecule has 4 nitrogen and oxygen atoms in total. The van der Waals surface area contributed by atoms with E-state index in [1.54, 1.807) is 11.3 Å². The van der Waals surface area contributed by atoms with Crippen LogP contribution in [0.3, 0.4) is 0 Å². The van der Waals surface area contributed by atoms with Crippen molar-refractivity contribution in [3.8, 4) is 0 Å². The lowest BCUT2D eigenvalue weighted by Crippen LogP contribution is -2.30. The maximum Gasteiger partial charge on any atom is 0.222 e. The number of thiazole rings is 1. The minimum atomic E-state index is 0.411. The SMILES string of the molecule is O=C(CC1[C@H]2CN(Cc3nccs3)C[C@@H]12)N1CCCC1. The highest BCUT2D eigenvalue weighted by Gasteiger charge is 2.56. The van der Waals surface area contributed by atoms with Gasteiger partial charge in [0.15, 0.2) is 0 Å². The Morgan fingerprint density at radius 3 is 2.70 bits per heavy atom. The highest BCUT2D eigenvalue weighted by atomic mass is 32.1. The van der Waals surface area contributed by atoms with Crippen LogP contribution in [-0.4, -0.2) is 46.9 Å². The molecular weight excluding hydrogens is 270 g/mol. The molecule has 5 heteroatoms. The molecule has 0 bridgehead atoms. The van der Waals surface area contributed by atoms with Gasteiger partial charge in [-0.1, -0.05) is 0 Å². The van der Waals surface area contributed by atoms with Crippen molar-refractivity contribution in [2.24, 2.45) is 17.8 Å². The van der Waals surface area contributed by atoms with Gasteiger partial charge in [-0.25, -0.2) is 4.98 Å². The molecule has 0 N–H and O–H groups in total. The number of hydrogen-bond donors (Lipinski definition) is 0. The highest BCUT2D eigenvalue weighted by Crippen LogP contribution is 2.54. The van der Waals surface area contributed by atoms with E-state index in [1.807, 2.05) is 11.6 Å². The molecular formula is C15H21N3OS. The second-order valence-corrected chi connectivity index (χ2v) is 7.38. The summed E-state index contributed by atoms with van der Waals surface area (Å²) in [5.41, 5.74) is 0. The normalized spacial score (nSPS) is 32.6. The van der Waals surface area contributed by atoms with E-state index in [0.29, 0.717) is 11.8 Å². The van der Waals surface area contributed by atoms with E-state index in [1.165, 1.54) is 30.9 Å². The molecule has 1 aromatic rings. The van der Waals surface area contributed by atoms with Gasteiger partial charge >= 0.3 is 0 Å². The minimum Gasteiger partial charge on any atom is -0.343 e. The number of rotatable bonds is 4. The van der Waals surface area contributed by atoms with Gasteiger partial charge in [0.25, 0.3) is 0 Å². The van der Waals surface area contributed by atoms with Crippen LogP contribution >= 0.6 is 11.3 Å². The van der Waals surface area contributed by atoms with Crippen LogP contribution in [0, 0.1) is 17.8 Å². The van der Waals surface area contributed by atoms with Crippen molar-refractivity contribution in [3.05, 3.63) is 16.6 Å². The fourth-order valence-electron chi connectivity index (χ4n) is 3.99. The molecule has 4 rings (SSSR count). The van der Waals surface area contributed by atoms with Crippen molar-refractivity contribution in [2.45, 2.75) is 25.8 Å². The van der Waals surface area contributed by atoms with Crippen LogP contribution in [0.4, 0.5) is 0 Å². The molecule has 20 heavy (non-hydrogen) atoms. The van der Waals surface area contributed by atoms with Gasteiger partial charge in [0.05, 0.1) is 6.54 Å². The zero-order chi connectivity index (χ0) is 13.5. The lowest BCUT2D eigenvalue weighted by Gasteiger charge is -2.19. The average molecular weight is 291 g/mol. The lowest BCUT2D eigenvalue weighted by atomic mass is 10.2. The summed E-state index contributed by atoms with van der Waals surface area (Å²) >= 11 is 1.74. The Labute approximate surface area is 123 Å². The molecule has 2 saturated heterocycles. The molecule has 0 aromatic carbocycles. The first kappa shape index (κ1) is 12.8. The molecule has 3 aliphatic rings. The Bertz CT molecular complexity index is 471. The van der Waals surface area contributed by atoms with Crippen LogP contribution in [0.2, 0.25) is 0 Å². The van der Waals surface area contributed by atoms with Crippen LogP contribution in [0.25, 0.3) is 0 Å². The van der Waals surface area contributed by atoms with Crippen molar-refractivity contribution in [3.63, 3.8) is 0 Å². The van der Waals surface area contributed by atoms with Crippen molar-refractivity contribution >= 4 is 17.2 Å². The number of fused-ring (bicyclic) bond motifs is 1. The van der Waals surface area contributed by atoms with E-state index >= 15 is 0 Å². The number of nitrogens with zero attached hydrogens (tertiary/aromatic N) is 3. The van der Waals surface area contributed by atoms with Crippen molar-refractivity contribution in [2.75, 3.05) is 26.2 Å². The summed E-state index contributed by atoms with van der Waals surface area (Å²) in [5, 5.41) is 3.26. The number of carbonyl (C=O) groups excluding carboxylic acids is 1. The summed E-state index contributed by atoms with van der Waals surface area (Å²) in [5.74, 6) is 2.65. The Hall–Kier alpha value is -0.940. The lowest BCUT2D eigenvalue weighted by molar-refractivity contribution is -0.130. The third-order valence-corrected chi connectivity index (χ3v) is 5.92. The van der Waals surface area contributed by atoms with E-state index in [0.717, 1.165) is 37.9 Å². The molecule has 1 aliphatic carbocycles. The third-order valence-electron chi connectivity index (χ3n) is 5.16. The predicted molar refractivity (Wildman–Crippen MR) is 78.3 cm³/mol. The van der Waals surface area contributed by atoms with Crippen LogP contribution in [0.1, 0.15) is 24.3 Å². The third kappa shape index (κ3) is 2.37. The fourth-order valence-corrected chi connectivity index (χ4v) is 4.65. The Balaban J connectivity index is 1.25. The number of aromatic nitrogens is 1. The Morgan fingerprint density at radius 1 is 1.30 bits per heavy atom. The smallest absolute Gasteiger partial charge is 0.222 e. The van der Waals surface area contributed by atoms with E-state index in [2.05, 4.69) is 14.8 Å². The van der Waals surface area contributed by atoms with Gasteiger partial charge in [0.1, 0.15) is 5.01 Å². The van der Waals surface area contributed by atoms with Crippen LogP contribution < -0.4 is 0 Å². The van der Waals surface area contributed by atoms with E-state index in [-0.39, 0.29) is 0 Å². The highest BCUT2D eigenvalue weighted by molar-refractivity contribution is 7.09. The number of amides is 1. The minimum absolute atomic E-state index is 0.411. The zero-order valence-electron chi connectivity index (χ0n) is 11.7. The molecule has 3 atom stereocenters. The van der Waals surface area contributed by atoms with Crippen LogP contribution in [0.15, 0.2) is 11.6 Å². The predicted octanol–water partition coefficient (Wildman–Crippen LogP) is 1.83. The number of carbonyl (C=O) groups is 1. The first-order chi connectivity index (χ1) is 9.81. The van der Waals surface area contributed by atoms with E-state index in [4.69, 9.17) is 0 Å². The van der Waals surface area contributed by atoms with E-state index < -0.39 is 0 Å². The molecule has 1 aromatic heterocycles. The Morgan fingerprint density at radius 2 is 2.05 bits per heavy atom. The van der Waals surface area contributed by atoms with Crippen molar-refractivity contribution < 1.29 is 4.79 Å². The monoisotopic (exact) mass is 291 g/mol. The van der Waals surface area contributed by atoms with Gasteiger partial charge in [-0.2, -0.15) is 0 Å². The summed E-state index contributed by atoms with van der Waals surface area (Å²) < 4.78 is 0. The molecule has 3 fully saturated rings. The van der Waals surface area contributed by atoms with Crippen molar-refractivity contribution in [1.29, 1.82) is 0 Å². The summed E-state index contributed by atoms with van der Waals surface area (Å²) in [4.78, 5) is 21.1. The van der Waals surface area contributed by atoms with Crippen LogP contribution in [-0.2, 0) is 11.3 Å². The quantitative estimate of drug-likeness (QED) is 0.849. The fraction of sp³-hybridized carbons (Fsp3) is 0.733. The average Bonchev–Trinajstić information content (AvgIpc) is 3.03. The maximum absolute atomic E-state index is 12.2. The Kier molecular flexibility index (Phi) is 3.27. The molecule has 3 heterocycles. The number of hydrogen-bond acceptors (Lipinski definition) is 4. The van der Waals surface area contributed by atoms with Crippen molar-refractivity contribution in [1.82, 2.24) is 14.8 Å². The van der Waals surface area contributed by atoms with Gasteiger partial charge < -0.3 is 4.90 Å². The maximum atomic E-state index is 12.2. The second-order valence-electron chi connectivity index (χ2n) is 6.40. The van der Waals surface area contributed by atoms with Gasteiger partial charge in [0.2, 0.25) is 5.91 Å². The molecule has 1 saturated carbocycles. The molecule has 1 unspecified atom stereocenters. The van der Waals surface area contributed by atoms with Gasteiger partial charge in [-0.3, -0.25) is 9.69 Å². The number of likely N-dealkylation sites (tertiary alicyclic amines) is 2. The molecule has 108 valence electrons. The summed E-state index contributed by atoms with van der Waals surface area (Å²) in [6, 6.07) is 0. The summed E-state index contributed by atoms with van der Waals surface area (Å²) in [7, 11) is 0. The van der Waals surface area contributed by atoms with Gasteiger partial charge in [-0.05, 0) is 30.6 Å². The zero-order valence-corrected chi connectivity index (χ0v) is 12.5. The van der Waals surface area contributed by atoms with E-state index in [9.17, 15) is 4.79 Å². The summed E-state index contributed by atoms with van der Waals surface area (Å²) in [6.07, 6.45) is 5.09. The number of piperidine rings is 1. The first-order valence-electron chi connectivity index (χ1n) is 7.70. The first-order valence-corrected chi connectivity index (χ1v) is 8.58. The van der Waals surface area contributed by atoms with Gasteiger partial charge in [0, 0.05) is 44.2 Å².